The first-order valence-corrected chi connectivity index (χ1v) is 8.50. The highest BCUT2D eigenvalue weighted by Crippen LogP contribution is 2.19. The first-order valence-electron chi connectivity index (χ1n) is 8.50. The first-order chi connectivity index (χ1) is 12.2. The van der Waals surface area contributed by atoms with Crippen molar-refractivity contribution in [3.8, 4) is 11.5 Å². The zero-order chi connectivity index (χ0) is 17.2. The van der Waals surface area contributed by atoms with Crippen molar-refractivity contribution >= 4 is 0 Å². The van der Waals surface area contributed by atoms with Gasteiger partial charge in [-0.3, -0.25) is 9.69 Å². The molecule has 0 radical (unpaired) electrons. The molecule has 3 heterocycles. The van der Waals surface area contributed by atoms with E-state index in [-0.39, 0.29) is 5.56 Å². The monoisotopic (exact) mass is 336 g/mol. The van der Waals surface area contributed by atoms with Crippen LogP contribution in [0, 0.1) is 6.92 Å². The van der Waals surface area contributed by atoms with Crippen molar-refractivity contribution in [2.45, 2.75) is 26.3 Å². The van der Waals surface area contributed by atoms with Gasteiger partial charge in [-0.1, -0.05) is 18.2 Å². The Balaban J connectivity index is 1.47. The number of nitrogens with zero attached hydrogens (tertiary/aromatic N) is 3. The summed E-state index contributed by atoms with van der Waals surface area (Å²) in [6.07, 6.45) is 3.21. The molecule has 0 atom stereocenters. The van der Waals surface area contributed by atoms with Crippen molar-refractivity contribution in [3.63, 3.8) is 0 Å². The van der Waals surface area contributed by atoms with Gasteiger partial charge < -0.3 is 9.40 Å². The van der Waals surface area contributed by atoms with Crippen LogP contribution in [0.25, 0.3) is 11.5 Å². The fraction of sp³-hybridized carbons (Fsp3) is 0.316. The second kappa shape index (κ2) is 6.64. The Bertz CT molecular complexity index is 930. The van der Waals surface area contributed by atoms with Crippen molar-refractivity contribution in [3.05, 3.63) is 69.7 Å². The summed E-state index contributed by atoms with van der Waals surface area (Å²) in [5, 5.41) is 0. The van der Waals surface area contributed by atoms with Crippen LogP contribution in [-0.2, 0) is 19.4 Å². The largest absolute Gasteiger partial charge is 0.444 e. The van der Waals surface area contributed by atoms with E-state index in [2.05, 4.69) is 19.9 Å². The number of aromatic amines is 1. The predicted molar refractivity (Wildman–Crippen MR) is 94.2 cm³/mol. The first kappa shape index (κ1) is 15.8. The second-order valence-electron chi connectivity index (χ2n) is 6.36. The molecule has 0 unspecified atom stereocenters. The van der Waals surface area contributed by atoms with Gasteiger partial charge in [-0.25, -0.2) is 9.97 Å². The summed E-state index contributed by atoms with van der Waals surface area (Å²) < 4.78 is 5.62. The van der Waals surface area contributed by atoms with Crippen molar-refractivity contribution in [2.75, 3.05) is 13.1 Å². The van der Waals surface area contributed by atoms with E-state index in [9.17, 15) is 4.79 Å². The molecule has 0 fully saturated rings. The van der Waals surface area contributed by atoms with E-state index in [0.29, 0.717) is 24.7 Å². The van der Waals surface area contributed by atoms with Gasteiger partial charge in [0.2, 0.25) is 5.89 Å². The molecule has 2 aromatic heterocycles. The Morgan fingerprint density at radius 1 is 1.16 bits per heavy atom. The molecular weight excluding hydrogens is 316 g/mol. The summed E-state index contributed by atoms with van der Waals surface area (Å²) in [5.41, 5.74) is 3.62. The van der Waals surface area contributed by atoms with Crippen molar-refractivity contribution in [2.24, 2.45) is 0 Å². The molecule has 0 bridgehead atoms. The Labute approximate surface area is 145 Å². The van der Waals surface area contributed by atoms with Gasteiger partial charge in [0.05, 0.1) is 11.4 Å². The van der Waals surface area contributed by atoms with Crippen LogP contribution in [0.5, 0.6) is 0 Å². The number of fused-ring (bicyclic) bond motifs is 1. The minimum Gasteiger partial charge on any atom is -0.444 e. The zero-order valence-electron chi connectivity index (χ0n) is 14.2. The summed E-state index contributed by atoms with van der Waals surface area (Å²) in [5.74, 6) is 1.32. The van der Waals surface area contributed by atoms with Crippen LogP contribution in [0.3, 0.4) is 0 Å². The summed E-state index contributed by atoms with van der Waals surface area (Å²) in [6.45, 7) is 4.21. The fourth-order valence-electron chi connectivity index (χ4n) is 3.26. The van der Waals surface area contributed by atoms with Crippen LogP contribution in [-0.4, -0.2) is 32.9 Å². The van der Waals surface area contributed by atoms with Gasteiger partial charge in [0.1, 0.15) is 12.1 Å². The van der Waals surface area contributed by atoms with Gasteiger partial charge in [0, 0.05) is 37.2 Å². The third-order valence-electron chi connectivity index (χ3n) is 4.52. The van der Waals surface area contributed by atoms with E-state index in [1.807, 2.05) is 37.3 Å². The quantitative estimate of drug-likeness (QED) is 0.794. The molecule has 128 valence electrons. The van der Waals surface area contributed by atoms with Gasteiger partial charge in [-0.05, 0) is 25.5 Å². The lowest BCUT2D eigenvalue weighted by Gasteiger charge is -2.17. The number of H-pyrrole nitrogens is 1. The second-order valence-corrected chi connectivity index (χ2v) is 6.36. The third kappa shape index (κ3) is 3.39. The number of hydrogen-bond donors (Lipinski definition) is 1. The van der Waals surface area contributed by atoms with E-state index < -0.39 is 0 Å². The lowest BCUT2D eigenvalue weighted by Crippen LogP contribution is -2.26. The molecule has 0 saturated carbocycles. The van der Waals surface area contributed by atoms with Crippen LogP contribution < -0.4 is 5.56 Å². The fourth-order valence-corrected chi connectivity index (χ4v) is 3.26. The molecule has 4 rings (SSSR count). The smallest absolute Gasteiger partial charge is 0.254 e. The maximum Gasteiger partial charge on any atom is 0.254 e. The third-order valence-corrected chi connectivity index (χ3v) is 4.52. The van der Waals surface area contributed by atoms with E-state index in [1.165, 1.54) is 0 Å². The molecule has 6 heteroatoms. The number of aryl methyl sites for hydroxylation is 1. The van der Waals surface area contributed by atoms with Gasteiger partial charge in [0.25, 0.3) is 5.56 Å². The van der Waals surface area contributed by atoms with Gasteiger partial charge in [0.15, 0.2) is 0 Å². The standard InChI is InChI=1S/C19H20N4O2/c1-13-20-17-8-10-23(9-7-16(17)18(24)21-13)11-15-12-25-19(22-15)14-5-3-2-4-6-14/h2-6,12H,7-11H2,1H3,(H,20,21,24). The Kier molecular flexibility index (Phi) is 4.19. The highest BCUT2D eigenvalue weighted by atomic mass is 16.3. The molecule has 1 aliphatic rings. The molecule has 1 aromatic carbocycles. The molecule has 1 aliphatic heterocycles. The van der Waals surface area contributed by atoms with E-state index in [4.69, 9.17) is 4.42 Å². The average Bonchev–Trinajstić information content (AvgIpc) is 2.98. The van der Waals surface area contributed by atoms with E-state index in [0.717, 1.165) is 42.0 Å². The van der Waals surface area contributed by atoms with Gasteiger partial charge >= 0.3 is 0 Å². The lowest BCUT2D eigenvalue weighted by molar-refractivity contribution is 0.275. The molecule has 25 heavy (non-hydrogen) atoms. The average molecular weight is 336 g/mol. The van der Waals surface area contributed by atoms with Crippen LogP contribution in [0.2, 0.25) is 0 Å². The topological polar surface area (TPSA) is 75.0 Å². The highest BCUT2D eigenvalue weighted by Gasteiger charge is 2.19. The van der Waals surface area contributed by atoms with Crippen molar-refractivity contribution in [1.29, 1.82) is 0 Å². The zero-order valence-corrected chi connectivity index (χ0v) is 14.2. The molecule has 6 nitrogen and oxygen atoms in total. The van der Waals surface area contributed by atoms with Crippen LogP contribution >= 0.6 is 0 Å². The lowest BCUT2D eigenvalue weighted by atomic mass is 10.1. The summed E-state index contributed by atoms with van der Waals surface area (Å²) in [6, 6.07) is 9.88. The Morgan fingerprint density at radius 3 is 2.80 bits per heavy atom. The highest BCUT2D eigenvalue weighted by molar-refractivity contribution is 5.52. The Morgan fingerprint density at radius 2 is 1.96 bits per heavy atom. The molecule has 0 aliphatic carbocycles. The molecule has 0 saturated heterocycles. The normalized spacial score (nSPS) is 14.9. The minimum atomic E-state index is -0.00264. The van der Waals surface area contributed by atoms with E-state index >= 15 is 0 Å². The molecular formula is C19H20N4O2. The van der Waals surface area contributed by atoms with Gasteiger partial charge in [-0.15, -0.1) is 0 Å². The number of hydrogen-bond acceptors (Lipinski definition) is 5. The molecule has 0 amide bonds. The number of nitrogens with one attached hydrogen (secondary N) is 1. The summed E-state index contributed by atoms with van der Waals surface area (Å²) in [4.78, 5) is 26.3. The van der Waals surface area contributed by atoms with Gasteiger partial charge in [-0.2, -0.15) is 0 Å². The molecule has 0 spiro atoms. The maximum atomic E-state index is 12.1. The van der Waals surface area contributed by atoms with Crippen molar-refractivity contribution in [1.82, 2.24) is 19.9 Å². The maximum absolute atomic E-state index is 12.1. The molecule has 3 aromatic rings. The SMILES string of the molecule is Cc1nc2c(c(=O)[nH]1)CCN(Cc1coc(-c3ccccc3)n1)CC2. The molecule has 1 N–H and O–H groups in total. The van der Waals surface area contributed by atoms with Crippen LogP contribution in [0.4, 0.5) is 0 Å². The summed E-state index contributed by atoms with van der Waals surface area (Å²) >= 11 is 0. The van der Waals surface area contributed by atoms with Crippen LogP contribution in [0.15, 0.2) is 45.8 Å². The van der Waals surface area contributed by atoms with Crippen molar-refractivity contribution < 1.29 is 4.42 Å². The number of benzene rings is 1. The number of aromatic nitrogens is 3. The Hall–Kier alpha value is -2.73. The van der Waals surface area contributed by atoms with E-state index in [1.54, 1.807) is 6.26 Å². The predicted octanol–water partition coefficient (Wildman–Crippen LogP) is 2.33. The number of oxazole rings is 1. The van der Waals surface area contributed by atoms with Crippen LogP contribution in [0.1, 0.15) is 22.8 Å². The number of rotatable bonds is 3. The minimum absolute atomic E-state index is 0.00264. The summed E-state index contributed by atoms with van der Waals surface area (Å²) in [7, 11) is 0.